The third-order valence-electron chi connectivity index (χ3n) is 3.21. The first-order chi connectivity index (χ1) is 9.72. The van der Waals surface area contributed by atoms with Crippen LogP contribution in [0.4, 0.5) is 0 Å². The van der Waals surface area contributed by atoms with Crippen molar-refractivity contribution in [1.82, 2.24) is 9.38 Å². The van der Waals surface area contributed by atoms with Gasteiger partial charge in [-0.2, -0.15) is 4.98 Å². The predicted molar refractivity (Wildman–Crippen MR) is 76.8 cm³/mol. The van der Waals surface area contributed by atoms with Gasteiger partial charge in [-0.15, -0.1) is 0 Å². The molecule has 0 N–H and O–H groups in total. The highest BCUT2D eigenvalue weighted by Gasteiger charge is 2.21. The SMILES string of the molecule is C/C=C/C(=O)c1c(-c2ccccc2C)nc2occn12. The molecule has 0 saturated heterocycles. The van der Waals surface area contributed by atoms with Crippen LogP contribution in [0.2, 0.25) is 0 Å². The van der Waals surface area contributed by atoms with Crippen molar-refractivity contribution in [2.24, 2.45) is 0 Å². The third-order valence-corrected chi connectivity index (χ3v) is 3.21. The number of oxazole rings is 1. The Morgan fingerprint density at radius 3 is 2.90 bits per heavy atom. The Kier molecular flexibility index (Phi) is 2.99. The molecule has 0 saturated carbocycles. The summed E-state index contributed by atoms with van der Waals surface area (Å²) in [6.07, 6.45) is 6.50. The van der Waals surface area contributed by atoms with Gasteiger partial charge >= 0.3 is 5.84 Å². The fourth-order valence-corrected chi connectivity index (χ4v) is 2.28. The zero-order valence-electron chi connectivity index (χ0n) is 11.3. The summed E-state index contributed by atoms with van der Waals surface area (Å²) < 4.78 is 6.99. The number of benzene rings is 1. The van der Waals surface area contributed by atoms with Crippen molar-refractivity contribution in [3.05, 3.63) is 60.1 Å². The van der Waals surface area contributed by atoms with E-state index >= 15 is 0 Å². The molecule has 4 nitrogen and oxygen atoms in total. The quantitative estimate of drug-likeness (QED) is 0.537. The highest BCUT2D eigenvalue weighted by Crippen LogP contribution is 2.28. The molecule has 0 unspecified atom stereocenters. The molecule has 0 spiro atoms. The number of aryl methyl sites for hydroxylation is 1. The van der Waals surface area contributed by atoms with Crippen LogP contribution < -0.4 is 0 Å². The Morgan fingerprint density at radius 2 is 2.15 bits per heavy atom. The number of aromatic nitrogens is 2. The molecule has 20 heavy (non-hydrogen) atoms. The Balaban J connectivity index is 2.30. The van der Waals surface area contributed by atoms with E-state index in [1.165, 1.54) is 12.3 Å². The number of carbonyl (C=O) groups excluding carboxylic acids is 1. The van der Waals surface area contributed by atoms with E-state index < -0.39 is 0 Å². The molecule has 2 aromatic heterocycles. The molecule has 4 heteroatoms. The number of fused-ring (bicyclic) bond motifs is 1. The summed E-state index contributed by atoms with van der Waals surface area (Å²) in [4.78, 5) is 16.8. The van der Waals surface area contributed by atoms with Crippen LogP contribution in [0.5, 0.6) is 0 Å². The standard InChI is InChI=1S/C16H14N2O2/c1-3-6-13(19)15-14(12-8-5-4-7-11(12)2)17-16-18(15)9-10-20-16/h3-10H,1-2H3/b6-3+. The molecular formula is C16H14N2O2. The smallest absolute Gasteiger partial charge is 0.306 e. The Labute approximate surface area is 116 Å². The highest BCUT2D eigenvalue weighted by molar-refractivity contribution is 6.08. The first kappa shape index (κ1) is 12.4. The summed E-state index contributed by atoms with van der Waals surface area (Å²) in [6.45, 7) is 3.82. The maximum Gasteiger partial charge on any atom is 0.306 e. The van der Waals surface area contributed by atoms with Crippen molar-refractivity contribution in [3.63, 3.8) is 0 Å². The molecule has 2 heterocycles. The second-order valence-electron chi connectivity index (χ2n) is 4.54. The van der Waals surface area contributed by atoms with Crippen LogP contribution in [0.25, 0.3) is 17.1 Å². The molecule has 3 aromatic rings. The second-order valence-corrected chi connectivity index (χ2v) is 4.54. The monoisotopic (exact) mass is 266 g/mol. The van der Waals surface area contributed by atoms with Crippen LogP contribution in [0.15, 0.2) is 53.3 Å². The molecular weight excluding hydrogens is 252 g/mol. The number of rotatable bonds is 3. The van der Waals surface area contributed by atoms with Gasteiger partial charge in [0.05, 0.1) is 0 Å². The number of allylic oxidation sites excluding steroid dienone is 2. The van der Waals surface area contributed by atoms with Crippen LogP contribution in [0, 0.1) is 6.92 Å². The van der Waals surface area contributed by atoms with Crippen LogP contribution in [-0.4, -0.2) is 15.2 Å². The Morgan fingerprint density at radius 1 is 1.35 bits per heavy atom. The van der Waals surface area contributed by atoms with Gasteiger partial charge in [-0.05, 0) is 25.5 Å². The molecule has 1 aromatic carbocycles. The molecule has 100 valence electrons. The summed E-state index contributed by atoms with van der Waals surface area (Å²) >= 11 is 0. The van der Waals surface area contributed by atoms with E-state index in [0.717, 1.165) is 11.1 Å². The first-order valence-electron chi connectivity index (χ1n) is 6.41. The van der Waals surface area contributed by atoms with Crippen LogP contribution in [-0.2, 0) is 0 Å². The van der Waals surface area contributed by atoms with Crippen LogP contribution in [0.3, 0.4) is 0 Å². The van der Waals surface area contributed by atoms with E-state index in [2.05, 4.69) is 4.98 Å². The van der Waals surface area contributed by atoms with E-state index in [1.54, 1.807) is 16.7 Å². The fraction of sp³-hybridized carbons (Fsp3) is 0.125. The van der Waals surface area contributed by atoms with Crippen molar-refractivity contribution in [3.8, 4) is 11.3 Å². The van der Waals surface area contributed by atoms with E-state index in [0.29, 0.717) is 17.2 Å². The summed E-state index contributed by atoms with van der Waals surface area (Å²) in [5.74, 6) is 0.343. The summed E-state index contributed by atoms with van der Waals surface area (Å²) in [5, 5.41) is 0. The molecule has 3 rings (SSSR count). The second kappa shape index (κ2) is 4.81. The van der Waals surface area contributed by atoms with E-state index in [9.17, 15) is 4.79 Å². The van der Waals surface area contributed by atoms with Gasteiger partial charge in [0.1, 0.15) is 17.7 Å². The maximum atomic E-state index is 12.3. The van der Waals surface area contributed by atoms with Crippen molar-refractivity contribution in [2.75, 3.05) is 0 Å². The number of hydrogen-bond donors (Lipinski definition) is 0. The molecule has 0 atom stereocenters. The normalized spacial score (nSPS) is 11.5. The number of carbonyl (C=O) groups is 1. The number of ketones is 1. The third kappa shape index (κ3) is 1.86. The van der Waals surface area contributed by atoms with Gasteiger partial charge in [0.25, 0.3) is 0 Å². The van der Waals surface area contributed by atoms with Gasteiger partial charge in [-0.3, -0.25) is 9.20 Å². The number of nitrogens with zero attached hydrogens (tertiary/aromatic N) is 2. The minimum absolute atomic E-state index is 0.0837. The van der Waals surface area contributed by atoms with E-state index in [4.69, 9.17) is 4.42 Å². The van der Waals surface area contributed by atoms with Crippen molar-refractivity contribution in [1.29, 1.82) is 0 Å². The topological polar surface area (TPSA) is 47.5 Å². The average molecular weight is 266 g/mol. The maximum absolute atomic E-state index is 12.3. The minimum Gasteiger partial charge on any atom is -0.432 e. The predicted octanol–water partition coefficient (Wildman–Crippen LogP) is 3.66. The van der Waals surface area contributed by atoms with Crippen molar-refractivity contribution in [2.45, 2.75) is 13.8 Å². The summed E-state index contributed by atoms with van der Waals surface area (Å²) in [7, 11) is 0. The van der Waals surface area contributed by atoms with Gasteiger partial charge in [0.15, 0.2) is 0 Å². The lowest BCUT2D eigenvalue weighted by molar-refractivity contribution is 0.104. The molecule has 0 aliphatic carbocycles. The fourth-order valence-electron chi connectivity index (χ4n) is 2.28. The van der Waals surface area contributed by atoms with Gasteiger partial charge in [0, 0.05) is 11.8 Å². The lowest BCUT2D eigenvalue weighted by Gasteiger charge is -2.04. The number of hydrogen-bond acceptors (Lipinski definition) is 3. The highest BCUT2D eigenvalue weighted by atomic mass is 16.3. The lowest BCUT2D eigenvalue weighted by Crippen LogP contribution is -2.01. The van der Waals surface area contributed by atoms with E-state index in [-0.39, 0.29) is 5.78 Å². The van der Waals surface area contributed by atoms with Crippen LogP contribution >= 0.6 is 0 Å². The first-order valence-corrected chi connectivity index (χ1v) is 6.41. The molecule has 0 radical (unpaired) electrons. The van der Waals surface area contributed by atoms with Crippen molar-refractivity contribution < 1.29 is 9.21 Å². The summed E-state index contributed by atoms with van der Waals surface area (Å²) in [5.41, 5.74) is 3.20. The molecule has 0 bridgehead atoms. The lowest BCUT2D eigenvalue weighted by atomic mass is 10.0. The van der Waals surface area contributed by atoms with Gasteiger partial charge in [-0.25, -0.2) is 0 Å². The molecule has 0 aliphatic heterocycles. The molecule has 0 fully saturated rings. The Bertz CT molecular complexity index is 809. The largest absolute Gasteiger partial charge is 0.432 e. The summed E-state index contributed by atoms with van der Waals surface area (Å²) in [6, 6.07) is 7.86. The Hall–Kier alpha value is -2.62. The minimum atomic E-state index is -0.0837. The molecule has 0 aliphatic rings. The molecule has 0 amide bonds. The van der Waals surface area contributed by atoms with Crippen molar-refractivity contribution >= 4 is 11.6 Å². The van der Waals surface area contributed by atoms with Gasteiger partial charge in [0.2, 0.25) is 5.78 Å². The van der Waals surface area contributed by atoms with Crippen LogP contribution in [0.1, 0.15) is 23.0 Å². The van der Waals surface area contributed by atoms with E-state index in [1.807, 2.05) is 38.1 Å². The van der Waals surface area contributed by atoms with Gasteiger partial charge in [-0.1, -0.05) is 30.3 Å². The zero-order chi connectivity index (χ0) is 14.1. The van der Waals surface area contributed by atoms with Gasteiger partial charge < -0.3 is 4.42 Å². The number of imidazole rings is 1. The average Bonchev–Trinajstić information content (AvgIpc) is 2.99. The zero-order valence-corrected chi connectivity index (χ0v) is 11.3.